The quantitative estimate of drug-likeness (QED) is 0.497. The number of aromatic hydroxyl groups is 2. The van der Waals surface area contributed by atoms with Gasteiger partial charge in [0.05, 0.1) is 19.3 Å². The van der Waals surface area contributed by atoms with Gasteiger partial charge in [0, 0.05) is 17.7 Å². The van der Waals surface area contributed by atoms with E-state index in [0.717, 1.165) is 5.56 Å². The van der Waals surface area contributed by atoms with Crippen molar-refractivity contribution in [2.75, 3.05) is 19.8 Å². The Bertz CT molecular complexity index is 1110. The number of nitrogens with one attached hydrogen (secondary N) is 1. The predicted molar refractivity (Wildman–Crippen MR) is 110 cm³/mol. The molecule has 1 atom stereocenters. The number of aromatic nitrogens is 2. The standard InChI is InChI=1S/C22H23N3O5/c1-3-30-17-11-13(5-7-16(17)28)21-18-19(14-10-12(2)4-6-15(14)27)23-24-20(18)22(29)25(21)8-9-26/h4-7,10-11,21,26-28H,3,8-9H2,1-2H3,(H,23,24)/t21-/m0/s1. The maximum Gasteiger partial charge on any atom is 0.273 e. The predicted octanol–water partition coefficient (Wildman–Crippen LogP) is 2.73. The van der Waals surface area contributed by atoms with Crippen molar-refractivity contribution >= 4 is 5.91 Å². The summed E-state index contributed by atoms with van der Waals surface area (Å²) in [5.74, 6) is 0.0780. The Morgan fingerprint density at radius 1 is 1.17 bits per heavy atom. The molecule has 1 amide bonds. The minimum atomic E-state index is -0.562. The van der Waals surface area contributed by atoms with Crippen LogP contribution in [0.2, 0.25) is 0 Å². The molecular weight excluding hydrogens is 386 g/mol. The molecule has 2 aromatic carbocycles. The summed E-state index contributed by atoms with van der Waals surface area (Å²) in [5.41, 5.74) is 3.55. The maximum atomic E-state index is 13.0. The van der Waals surface area contributed by atoms with Gasteiger partial charge in [0.1, 0.15) is 17.1 Å². The van der Waals surface area contributed by atoms with Gasteiger partial charge in [0.2, 0.25) is 0 Å². The molecule has 0 saturated carbocycles. The summed E-state index contributed by atoms with van der Waals surface area (Å²) in [4.78, 5) is 14.6. The first kappa shape index (κ1) is 19.8. The minimum absolute atomic E-state index is 0.00241. The fraction of sp³-hybridized carbons (Fsp3) is 0.273. The summed E-state index contributed by atoms with van der Waals surface area (Å²) in [5, 5.41) is 37.2. The van der Waals surface area contributed by atoms with E-state index >= 15 is 0 Å². The highest BCUT2D eigenvalue weighted by Crippen LogP contribution is 2.45. The molecule has 2 heterocycles. The van der Waals surface area contributed by atoms with Crippen molar-refractivity contribution in [1.29, 1.82) is 0 Å². The lowest BCUT2D eigenvalue weighted by atomic mass is 9.95. The van der Waals surface area contributed by atoms with Gasteiger partial charge < -0.3 is 25.0 Å². The molecule has 30 heavy (non-hydrogen) atoms. The third-order valence-electron chi connectivity index (χ3n) is 5.21. The van der Waals surface area contributed by atoms with E-state index in [1.807, 2.05) is 19.9 Å². The van der Waals surface area contributed by atoms with Crippen LogP contribution in [0, 0.1) is 6.92 Å². The van der Waals surface area contributed by atoms with Gasteiger partial charge in [-0.25, -0.2) is 0 Å². The van der Waals surface area contributed by atoms with Crippen LogP contribution < -0.4 is 4.74 Å². The molecule has 0 unspecified atom stereocenters. The Hall–Kier alpha value is -3.52. The SMILES string of the molecule is CCOc1cc([C@H]2c3c(-c4cc(C)ccc4O)n[nH]c3C(=O)N2CCO)ccc1O. The minimum Gasteiger partial charge on any atom is -0.507 e. The van der Waals surface area contributed by atoms with Gasteiger partial charge in [-0.2, -0.15) is 5.10 Å². The van der Waals surface area contributed by atoms with Crippen molar-refractivity contribution in [3.8, 4) is 28.5 Å². The van der Waals surface area contributed by atoms with Gasteiger partial charge in [0.15, 0.2) is 11.5 Å². The largest absolute Gasteiger partial charge is 0.507 e. The molecule has 1 aromatic heterocycles. The zero-order valence-electron chi connectivity index (χ0n) is 16.7. The first-order valence-corrected chi connectivity index (χ1v) is 9.72. The van der Waals surface area contributed by atoms with Crippen LogP contribution >= 0.6 is 0 Å². The second-order valence-electron chi connectivity index (χ2n) is 7.17. The number of hydrogen-bond acceptors (Lipinski definition) is 6. The van der Waals surface area contributed by atoms with Crippen LogP contribution in [0.4, 0.5) is 0 Å². The Morgan fingerprint density at radius 3 is 2.67 bits per heavy atom. The number of aliphatic hydroxyl groups is 1. The van der Waals surface area contributed by atoms with Crippen LogP contribution in [0.3, 0.4) is 0 Å². The number of ether oxygens (including phenoxy) is 1. The van der Waals surface area contributed by atoms with E-state index in [9.17, 15) is 20.1 Å². The molecule has 3 aromatic rings. The summed E-state index contributed by atoms with van der Waals surface area (Å²) < 4.78 is 5.51. The number of carbonyl (C=O) groups excluding carboxylic acids is 1. The normalized spacial score (nSPS) is 15.5. The Labute approximate surface area is 173 Å². The van der Waals surface area contributed by atoms with E-state index in [4.69, 9.17) is 4.74 Å². The monoisotopic (exact) mass is 409 g/mol. The number of nitrogens with zero attached hydrogens (tertiary/aromatic N) is 2. The third kappa shape index (κ3) is 3.15. The maximum absolute atomic E-state index is 13.0. The number of hydrogen-bond donors (Lipinski definition) is 4. The highest BCUT2D eigenvalue weighted by molar-refractivity contribution is 6.00. The average Bonchev–Trinajstić information content (AvgIpc) is 3.26. The number of amides is 1. The Morgan fingerprint density at radius 2 is 1.93 bits per heavy atom. The van der Waals surface area contributed by atoms with Crippen LogP contribution in [0.25, 0.3) is 11.3 Å². The van der Waals surface area contributed by atoms with Crippen molar-refractivity contribution in [2.24, 2.45) is 0 Å². The van der Waals surface area contributed by atoms with Gasteiger partial charge in [-0.15, -0.1) is 0 Å². The van der Waals surface area contributed by atoms with E-state index in [1.54, 1.807) is 29.2 Å². The smallest absolute Gasteiger partial charge is 0.273 e. The topological polar surface area (TPSA) is 119 Å². The van der Waals surface area contributed by atoms with Gasteiger partial charge in [-0.1, -0.05) is 17.7 Å². The second kappa shape index (κ2) is 7.72. The molecule has 0 spiro atoms. The first-order chi connectivity index (χ1) is 14.5. The number of H-pyrrole nitrogens is 1. The zero-order valence-corrected chi connectivity index (χ0v) is 16.7. The molecular formula is C22H23N3O5. The molecule has 0 radical (unpaired) electrons. The molecule has 156 valence electrons. The number of β-amino-alcohol motifs (C(OH)–C–C–N with tert-alkyl or cyclic N) is 1. The van der Waals surface area contributed by atoms with E-state index in [2.05, 4.69) is 10.2 Å². The fourth-order valence-electron chi connectivity index (χ4n) is 3.90. The number of rotatable bonds is 6. The van der Waals surface area contributed by atoms with Crippen LogP contribution in [-0.4, -0.2) is 56.1 Å². The highest BCUT2D eigenvalue weighted by Gasteiger charge is 2.42. The highest BCUT2D eigenvalue weighted by atomic mass is 16.5. The summed E-state index contributed by atoms with van der Waals surface area (Å²) in [6.45, 7) is 4.01. The molecule has 1 aliphatic heterocycles. The van der Waals surface area contributed by atoms with Gasteiger partial charge in [-0.3, -0.25) is 9.89 Å². The lowest BCUT2D eigenvalue weighted by molar-refractivity contribution is 0.0706. The van der Waals surface area contributed by atoms with Crippen LogP contribution in [-0.2, 0) is 0 Å². The Kier molecular flexibility index (Phi) is 5.09. The number of phenols is 2. The number of phenolic OH excluding ortho intramolecular Hbond substituents is 2. The zero-order chi connectivity index (χ0) is 21.4. The van der Waals surface area contributed by atoms with Crippen LogP contribution in [0.1, 0.15) is 40.1 Å². The summed E-state index contributed by atoms with van der Waals surface area (Å²) in [6, 6.07) is 9.55. The molecule has 8 heteroatoms. The first-order valence-electron chi connectivity index (χ1n) is 9.72. The number of benzene rings is 2. The number of aliphatic hydroxyl groups excluding tert-OH is 1. The number of carbonyl (C=O) groups is 1. The number of fused-ring (bicyclic) bond motifs is 1. The number of aromatic amines is 1. The molecule has 0 aliphatic carbocycles. The summed E-state index contributed by atoms with van der Waals surface area (Å²) in [7, 11) is 0. The fourth-order valence-corrected chi connectivity index (χ4v) is 3.90. The van der Waals surface area contributed by atoms with Crippen molar-refractivity contribution in [3.05, 3.63) is 58.8 Å². The van der Waals surface area contributed by atoms with Gasteiger partial charge >= 0.3 is 0 Å². The molecule has 0 fully saturated rings. The van der Waals surface area contributed by atoms with Crippen molar-refractivity contribution in [3.63, 3.8) is 0 Å². The molecule has 8 nitrogen and oxygen atoms in total. The molecule has 1 aliphatic rings. The van der Waals surface area contributed by atoms with Crippen LogP contribution in [0.5, 0.6) is 17.2 Å². The van der Waals surface area contributed by atoms with Crippen molar-refractivity contribution in [1.82, 2.24) is 15.1 Å². The van der Waals surface area contributed by atoms with Crippen LogP contribution in [0.15, 0.2) is 36.4 Å². The molecule has 0 saturated heterocycles. The summed E-state index contributed by atoms with van der Waals surface area (Å²) in [6.07, 6.45) is 0. The van der Waals surface area contributed by atoms with Gasteiger partial charge in [0.25, 0.3) is 5.91 Å². The average molecular weight is 409 g/mol. The van der Waals surface area contributed by atoms with E-state index in [0.29, 0.717) is 40.4 Å². The Balaban J connectivity index is 1.91. The van der Waals surface area contributed by atoms with E-state index in [-0.39, 0.29) is 30.6 Å². The third-order valence-corrected chi connectivity index (χ3v) is 5.21. The van der Waals surface area contributed by atoms with Crippen molar-refractivity contribution in [2.45, 2.75) is 19.9 Å². The second-order valence-corrected chi connectivity index (χ2v) is 7.17. The van der Waals surface area contributed by atoms with Crippen molar-refractivity contribution < 1.29 is 24.9 Å². The summed E-state index contributed by atoms with van der Waals surface area (Å²) >= 11 is 0. The van der Waals surface area contributed by atoms with E-state index in [1.165, 1.54) is 6.07 Å². The van der Waals surface area contributed by atoms with E-state index < -0.39 is 6.04 Å². The number of aryl methyl sites for hydroxylation is 1. The lowest BCUT2D eigenvalue weighted by Gasteiger charge is -2.26. The molecule has 0 bridgehead atoms. The van der Waals surface area contributed by atoms with Gasteiger partial charge in [-0.05, 0) is 43.7 Å². The molecule has 4 N–H and O–H groups in total. The lowest BCUT2D eigenvalue weighted by Crippen LogP contribution is -2.32. The molecule has 4 rings (SSSR count).